The van der Waals surface area contributed by atoms with E-state index in [1.54, 1.807) is 0 Å². The summed E-state index contributed by atoms with van der Waals surface area (Å²) < 4.78 is 0. The van der Waals surface area contributed by atoms with E-state index in [2.05, 4.69) is 55.9 Å². The molecule has 0 aromatic heterocycles. The molecule has 0 unspecified atom stereocenters. The summed E-state index contributed by atoms with van der Waals surface area (Å²) in [6.45, 7) is 4.74. The Labute approximate surface area is 97.5 Å². The zero-order valence-corrected chi connectivity index (χ0v) is 10.5. The normalized spacial score (nSPS) is 26.1. The second-order valence-electron chi connectivity index (χ2n) is 4.81. The Morgan fingerprint density at radius 3 is 2.53 bits per heavy atom. The predicted octanol–water partition coefficient (Wildman–Crippen LogP) is 4.60. The number of benzene rings is 1. The molecule has 0 N–H and O–H groups in total. The largest absolute Gasteiger partial charge is 0.122 e. The van der Waals surface area contributed by atoms with Crippen LogP contribution in [0.1, 0.15) is 33.1 Å². The molecule has 82 valence electrons. The highest BCUT2D eigenvalue weighted by atomic mass is 32.2. The zero-order valence-electron chi connectivity index (χ0n) is 9.65. The summed E-state index contributed by atoms with van der Waals surface area (Å²) in [4.78, 5) is 1.44. The van der Waals surface area contributed by atoms with E-state index in [4.69, 9.17) is 0 Å². The molecule has 0 heterocycles. The first-order valence-electron chi connectivity index (χ1n) is 5.99. The molecule has 15 heavy (non-hydrogen) atoms. The lowest BCUT2D eigenvalue weighted by Crippen LogP contribution is -2.15. The molecule has 1 saturated carbocycles. The molecule has 1 aliphatic carbocycles. The van der Waals surface area contributed by atoms with E-state index in [-0.39, 0.29) is 0 Å². The third-order valence-electron chi connectivity index (χ3n) is 3.39. The minimum Gasteiger partial charge on any atom is -0.122 e. The molecule has 1 fully saturated rings. The molecule has 0 nitrogen and oxygen atoms in total. The van der Waals surface area contributed by atoms with E-state index in [1.165, 1.54) is 24.2 Å². The smallest absolute Gasteiger partial charge is 0.0125 e. The highest BCUT2D eigenvalue weighted by Crippen LogP contribution is 2.42. The second kappa shape index (κ2) is 5.07. The number of hydrogen-bond acceptors (Lipinski definition) is 1. The SMILES string of the molecule is CC(C)[C@@H]1CCC[C@@H]1Sc1ccccc1. The van der Waals surface area contributed by atoms with Crippen LogP contribution in [0, 0.1) is 11.8 Å². The summed E-state index contributed by atoms with van der Waals surface area (Å²) in [5, 5.41) is 0.854. The van der Waals surface area contributed by atoms with Gasteiger partial charge in [0, 0.05) is 10.1 Å². The predicted molar refractivity (Wildman–Crippen MR) is 68.3 cm³/mol. The van der Waals surface area contributed by atoms with Crippen LogP contribution in [0.2, 0.25) is 0 Å². The van der Waals surface area contributed by atoms with Gasteiger partial charge in [-0.1, -0.05) is 38.5 Å². The second-order valence-corrected chi connectivity index (χ2v) is 6.12. The van der Waals surface area contributed by atoms with Gasteiger partial charge in [0.25, 0.3) is 0 Å². The average molecular weight is 220 g/mol. The summed E-state index contributed by atoms with van der Waals surface area (Å²) in [6.07, 6.45) is 4.26. The van der Waals surface area contributed by atoms with Crippen LogP contribution in [0.25, 0.3) is 0 Å². The van der Waals surface area contributed by atoms with Gasteiger partial charge in [-0.2, -0.15) is 0 Å². The van der Waals surface area contributed by atoms with Gasteiger partial charge in [-0.25, -0.2) is 0 Å². The Balaban J connectivity index is 2.00. The van der Waals surface area contributed by atoms with Gasteiger partial charge in [0.05, 0.1) is 0 Å². The minimum absolute atomic E-state index is 0.841. The topological polar surface area (TPSA) is 0 Å². The quantitative estimate of drug-likeness (QED) is 0.717. The zero-order chi connectivity index (χ0) is 10.7. The van der Waals surface area contributed by atoms with Gasteiger partial charge in [-0.15, -0.1) is 11.8 Å². The first kappa shape index (κ1) is 11.1. The number of thioether (sulfide) groups is 1. The molecule has 0 bridgehead atoms. The van der Waals surface area contributed by atoms with Crippen molar-refractivity contribution < 1.29 is 0 Å². The molecule has 1 aromatic rings. The van der Waals surface area contributed by atoms with Gasteiger partial charge in [0.1, 0.15) is 0 Å². The molecule has 1 aliphatic rings. The van der Waals surface area contributed by atoms with Gasteiger partial charge in [0.15, 0.2) is 0 Å². The summed E-state index contributed by atoms with van der Waals surface area (Å²) in [7, 11) is 0. The monoisotopic (exact) mass is 220 g/mol. The molecule has 0 saturated heterocycles. The van der Waals surface area contributed by atoms with E-state index in [1.807, 2.05) is 0 Å². The molecular formula is C14H20S. The third-order valence-corrected chi connectivity index (χ3v) is 4.82. The summed E-state index contributed by atoms with van der Waals surface area (Å²) in [5.41, 5.74) is 0. The van der Waals surface area contributed by atoms with E-state index in [0.29, 0.717) is 0 Å². The maximum absolute atomic E-state index is 2.37. The average Bonchev–Trinajstić information content (AvgIpc) is 2.67. The van der Waals surface area contributed by atoms with Crippen molar-refractivity contribution in [1.29, 1.82) is 0 Å². The lowest BCUT2D eigenvalue weighted by atomic mass is 9.94. The Hall–Kier alpha value is -0.430. The summed E-state index contributed by atoms with van der Waals surface area (Å²) in [6, 6.07) is 10.8. The van der Waals surface area contributed by atoms with Crippen molar-refractivity contribution in [1.82, 2.24) is 0 Å². The highest BCUT2D eigenvalue weighted by molar-refractivity contribution is 8.00. The van der Waals surface area contributed by atoms with Crippen LogP contribution in [-0.4, -0.2) is 5.25 Å². The molecule has 0 radical (unpaired) electrons. The van der Waals surface area contributed by atoms with E-state index >= 15 is 0 Å². The Kier molecular flexibility index (Phi) is 3.74. The summed E-state index contributed by atoms with van der Waals surface area (Å²) in [5.74, 6) is 1.77. The van der Waals surface area contributed by atoms with E-state index in [9.17, 15) is 0 Å². The highest BCUT2D eigenvalue weighted by Gasteiger charge is 2.29. The Morgan fingerprint density at radius 2 is 1.87 bits per heavy atom. The van der Waals surface area contributed by atoms with Crippen molar-refractivity contribution in [2.75, 3.05) is 0 Å². The van der Waals surface area contributed by atoms with Crippen molar-refractivity contribution in [2.45, 2.75) is 43.3 Å². The summed E-state index contributed by atoms with van der Waals surface area (Å²) >= 11 is 2.09. The first-order valence-corrected chi connectivity index (χ1v) is 6.87. The van der Waals surface area contributed by atoms with E-state index in [0.717, 1.165) is 17.1 Å². The van der Waals surface area contributed by atoms with Crippen molar-refractivity contribution in [3.63, 3.8) is 0 Å². The molecule has 0 aliphatic heterocycles. The van der Waals surface area contributed by atoms with Crippen molar-refractivity contribution in [2.24, 2.45) is 11.8 Å². The number of rotatable bonds is 3. The third kappa shape index (κ3) is 2.78. The molecular weight excluding hydrogens is 200 g/mol. The van der Waals surface area contributed by atoms with Crippen LogP contribution < -0.4 is 0 Å². The standard InChI is InChI=1S/C14H20S/c1-11(2)13-9-6-10-14(13)15-12-7-4-3-5-8-12/h3-5,7-8,11,13-14H,6,9-10H2,1-2H3/t13-,14-/m0/s1. The van der Waals surface area contributed by atoms with Gasteiger partial charge in [0.2, 0.25) is 0 Å². The van der Waals surface area contributed by atoms with Crippen molar-refractivity contribution in [3.8, 4) is 0 Å². The fraction of sp³-hybridized carbons (Fsp3) is 0.571. The fourth-order valence-electron chi connectivity index (χ4n) is 2.54. The maximum Gasteiger partial charge on any atom is 0.0125 e. The fourth-order valence-corrected chi connectivity index (χ4v) is 4.11. The van der Waals surface area contributed by atoms with Gasteiger partial charge in [-0.05, 0) is 36.8 Å². The molecule has 0 spiro atoms. The van der Waals surface area contributed by atoms with Crippen LogP contribution in [0.4, 0.5) is 0 Å². The van der Waals surface area contributed by atoms with Crippen molar-refractivity contribution >= 4 is 11.8 Å². The molecule has 2 rings (SSSR count). The van der Waals surface area contributed by atoms with Gasteiger partial charge >= 0.3 is 0 Å². The van der Waals surface area contributed by atoms with Gasteiger partial charge in [-0.3, -0.25) is 0 Å². The van der Waals surface area contributed by atoms with Crippen LogP contribution in [0.3, 0.4) is 0 Å². The first-order chi connectivity index (χ1) is 7.27. The minimum atomic E-state index is 0.841. The van der Waals surface area contributed by atoms with Crippen molar-refractivity contribution in [3.05, 3.63) is 30.3 Å². The maximum atomic E-state index is 2.37. The molecule has 1 aromatic carbocycles. The van der Waals surface area contributed by atoms with Gasteiger partial charge < -0.3 is 0 Å². The van der Waals surface area contributed by atoms with Crippen LogP contribution in [0.15, 0.2) is 35.2 Å². The van der Waals surface area contributed by atoms with E-state index < -0.39 is 0 Å². The number of hydrogen-bond donors (Lipinski definition) is 0. The van der Waals surface area contributed by atoms with Crippen LogP contribution in [0.5, 0.6) is 0 Å². The Morgan fingerprint density at radius 1 is 1.13 bits per heavy atom. The lowest BCUT2D eigenvalue weighted by molar-refractivity contribution is 0.404. The Bertz CT molecular complexity index is 291. The lowest BCUT2D eigenvalue weighted by Gasteiger charge is -2.22. The molecule has 1 heteroatoms. The van der Waals surface area contributed by atoms with Crippen LogP contribution in [-0.2, 0) is 0 Å². The molecule has 0 amide bonds. The molecule has 2 atom stereocenters. The van der Waals surface area contributed by atoms with Crippen LogP contribution >= 0.6 is 11.8 Å².